The molecule has 0 radical (unpaired) electrons. The number of imidazole rings is 1. The quantitative estimate of drug-likeness (QED) is 0.293. The maximum Gasteiger partial charge on any atom is 0.416 e. The predicted molar refractivity (Wildman–Crippen MR) is 132 cm³/mol. The van der Waals surface area contributed by atoms with Crippen molar-refractivity contribution in [2.24, 2.45) is 0 Å². The van der Waals surface area contributed by atoms with E-state index in [0.29, 0.717) is 9.59 Å². The second kappa shape index (κ2) is 10.7. The van der Waals surface area contributed by atoms with Crippen molar-refractivity contribution in [3.05, 3.63) is 85.6 Å². The van der Waals surface area contributed by atoms with Crippen molar-refractivity contribution in [2.45, 2.75) is 38.4 Å². The lowest BCUT2D eigenvalue weighted by Crippen LogP contribution is -2.37. The summed E-state index contributed by atoms with van der Waals surface area (Å²) in [5, 5.41) is 24.3. The van der Waals surface area contributed by atoms with Crippen molar-refractivity contribution in [2.75, 3.05) is 0 Å². The molecule has 2 heterocycles. The van der Waals surface area contributed by atoms with Crippen molar-refractivity contribution in [3.8, 4) is 16.9 Å². The van der Waals surface area contributed by atoms with E-state index < -0.39 is 43.0 Å². The van der Waals surface area contributed by atoms with Gasteiger partial charge in [-0.25, -0.2) is 18.9 Å². The van der Waals surface area contributed by atoms with Gasteiger partial charge in [0.2, 0.25) is 0 Å². The maximum absolute atomic E-state index is 13.9. The van der Waals surface area contributed by atoms with Gasteiger partial charge in [-0.15, -0.1) is 5.10 Å². The molecule has 0 amide bonds. The summed E-state index contributed by atoms with van der Waals surface area (Å²) in [5.74, 6) is -0.756. The number of aromatic nitrogens is 5. The summed E-state index contributed by atoms with van der Waals surface area (Å²) in [6.45, 7) is -0.190. The number of benzene rings is 2. The predicted octanol–water partition coefficient (Wildman–Crippen LogP) is 5.02. The minimum Gasteiger partial charge on any atom is -0.385 e. The highest BCUT2D eigenvalue weighted by Crippen LogP contribution is 2.31. The van der Waals surface area contributed by atoms with E-state index in [9.17, 15) is 32.6 Å². The van der Waals surface area contributed by atoms with Crippen LogP contribution in [0.4, 0.5) is 17.6 Å². The Kier molecular flexibility index (Phi) is 7.91. The van der Waals surface area contributed by atoms with Gasteiger partial charge in [-0.2, -0.15) is 13.2 Å². The fourth-order valence-corrected chi connectivity index (χ4v) is 4.37. The number of rotatable bonds is 7. The lowest BCUT2D eigenvalue weighted by molar-refractivity contribution is -0.207. The van der Waals surface area contributed by atoms with Gasteiger partial charge in [-0.3, -0.25) is 9.13 Å². The van der Waals surface area contributed by atoms with Crippen LogP contribution in [0.2, 0.25) is 15.2 Å². The van der Waals surface area contributed by atoms with Crippen molar-refractivity contribution >= 4 is 34.8 Å². The average Bonchev–Trinajstić information content (AvgIpc) is 3.36. The van der Waals surface area contributed by atoms with Crippen molar-refractivity contribution < 1.29 is 27.8 Å². The molecule has 0 saturated carbocycles. The molecular formula is C23H18Cl3F4N5O3. The third kappa shape index (κ3) is 5.59. The molecule has 2 atom stereocenters. The maximum atomic E-state index is 13.9. The van der Waals surface area contributed by atoms with Crippen LogP contribution in [0.15, 0.2) is 47.3 Å². The second-order valence-corrected chi connectivity index (χ2v) is 9.45. The van der Waals surface area contributed by atoms with Crippen LogP contribution in [0.25, 0.3) is 16.9 Å². The summed E-state index contributed by atoms with van der Waals surface area (Å²) in [7, 11) is 0. The molecule has 4 rings (SSSR count). The van der Waals surface area contributed by atoms with Crippen LogP contribution >= 0.6 is 34.8 Å². The molecule has 202 valence electrons. The van der Waals surface area contributed by atoms with E-state index in [2.05, 4.69) is 10.1 Å². The number of hydrogen-bond donors (Lipinski definition) is 2. The molecule has 0 bridgehead atoms. The van der Waals surface area contributed by atoms with Crippen molar-refractivity contribution in [3.63, 3.8) is 0 Å². The highest BCUT2D eigenvalue weighted by molar-refractivity contribution is 6.32. The van der Waals surface area contributed by atoms with E-state index >= 15 is 0 Å². The van der Waals surface area contributed by atoms with Gasteiger partial charge in [0.05, 0.1) is 29.5 Å². The first-order valence-corrected chi connectivity index (χ1v) is 12.0. The van der Waals surface area contributed by atoms with Crippen molar-refractivity contribution in [1.82, 2.24) is 23.9 Å². The number of nitrogens with zero attached hydrogens (tertiary/aromatic N) is 5. The molecular weight excluding hydrogens is 577 g/mol. The first-order chi connectivity index (χ1) is 17.8. The highest BCUT2D eigenvalue weighted by atomic mass is 35.5. The Morgan fingerprint density at radius 2 is 1.68 bits per heavy atom. The molecule has 38 heavy (non-hydrogen) atoms. The smallest absolute Gasteiger partial charge is 0.385 e. The first-order valence-electron chi connectivity index (χ1n) is 10.9. The largest absolute Gasteiger partial charge is 0.416 e. The minimum absolute atomic E-state index is 0.0403. The van der Waals surface area contributed by atoms with Gasteiger partial charge >= 0.3 is 11.9 Å². The van der Waals surface area contributed by atoms with E-state index in [1.54, 1.807) is 0 Å². The SMILES string of the molecule is CC(O)c1nc(Cn2c(Cl)c(-c3ccc(Cl)cc3)n(CC(O)C(F)(F)F)c2=O)nn1-c1cc(F)ccc1Cl. The van der Waals surface area contributed by atoms with E-state index in [1.807, 2.05) is 0 Å². The van der Waals surface area contributed by atoms with Gasteiger partial charge in [-0.1, -0.05) is 46.9 Å². The average molecular weight is 595 g/mol. The monoisotopic (exact) mass is 593 g/mol. The Morgan fingerprint density at radius 3 is 2.29 bits per heavy atom. The Hall–Kier alpha value is -2.90. The van der Waals surface area contributed by atoms with Crippen LogP contribution in [-0.4, -0.2) is 46.4 Å². The van der Waals surface area contributed by atoms with Gasteiger partial charge in [0, 0.05) is 16.7 Å². The molecule has 2 N–H and O–H groups in total. The molecule has 0 aliphatic carbocycles. The van der Waals surface area contributed by atoms with Crippen LogP contribution in [0.3, 0.4) is 0 Å². The third-order valence-electron chi connectivity index (χ3n) is 5.50. The fraction of sp³-hybridized carbons (Fsp3) is 0.261. The molecule has 0 aliphatic heterocycles. The standard InChI is InChI=1S/C23H18Cl3F4N5O3/c1-11(36)21-31-18(32-35(21)16-8-14(27)6-7-15(16)25)10-34-20(26)19(12-2-4-13(24)5-3-12)33(22(34)38)9-17(37)23(28,29)30/h2-8,11,17,36-37H,9-10H2,1H3. The Labute approximate surface area is 227 Å². The number of aliphatic hydroxyl groups excluding tert-OH is 2. The van der Waals surface area contributed by atoms with Gasteiger partial charge in [-0.05, 0) is 31.2 Å². The molecule has 2 unspecified atom stereocenters. The van der Waals surface area contributed by atoms with Gasteiger partial charge in [0.25, 0.3) is 0 Å². The lowest BCUT2D eigenvalue weighted by atomic mass is 10.1. The molecule has 8 nitrogen and oxygen atoms in total. The fourth-order valence-electron chi connectivity index (χ4n) is 3.70. The van der Waals surface area contributed by atoms with Crippen LogP contribution in [0, 0.1) is 5.82 Å². The van der Waals surface area contributed by atoms with Gasteiger partial charge < -0.3 is 10.2 Å². The summed E-state index contributed by atoms with van der Waals surface area (Å²) in [6, 6.07) is 9.30. The zero-order chi connectivity index (χ0) is 27.9. The Morgan fingerprint density at radius 1 is 1.03 bits per heavy atom. The summed E-state index contributed by atoms with van der Waals surface area (Å²) in [4.78, 5) is 17.5. The van der Waals surface area contributed by atoms with E-state index in [0.717, 1.165) is 21.4 Å². The summed E-state index contributed by atoms with van der Waals surface area (Å²) < 4.78 is 56.0. The normalized spacial score (nSPS) is 13.6. The van der Waals surface area contributed by atoms with Crippen LogP contribution in [0.5, 0.6) is 0 Å². The van der Waals surface area contributed by atoms with Gasteiger partial charge in [0.1, 0.15) is 17.1 Å². The molecule has 0 fully saturated rings. The summed E-state index contributed by atoms with van der Waals surface area (Å²) >= 11 is 18.6. The zero-order valence-electron chi connectivity index (χ0n) is 19.3. The number of hydrogen-bond acceptors (Lipinski definition) is 5. The lowest BCUT2D eigenvalue weighted by Gasteiger charge is -2.16. The molecule has 0 spiro atoms. The summed E-state index contributed by atoms with van der Waals surface area (Å²) in [6.07, 6.45) is -9.05. The van der Waals surface area contributed by atoms with Crippen LogP contribution in [0.1, 0.15) is 24.7 Å². The zero-order valence-corrected chi connectivity index (χ0v) is 21.6. The third-order valence-corrected chi connectivity index (χ3v) is 6.46. The first kappa shape index (κ1) is 28.1. The molecule has 0 aliphatic rings. The Balaban J connectivity index is 1.84. The van der Waals surface area contributed by atoms with E-state index in [1.165, 1.54) is 37.3 Å². The topological polar surface area (TPSA) is 98.1 Å². The van der Waals surface area contributed by atoms with E-state index in [4.69, 9.17) is 34.8 Å². The summed E-state index contributed by atoms with van der Waals surface area (Å²) in [5.41, 5.74) is -0.756. The van der Waals surface area contributed by atoms with E-state index in [-0.39, 0.29) is 38.8 Å². The molecule has 2 aromatic carbocycles. The minimum atomic E-state index is -5.00. The van der Waals surface area contributed by atoms with Crippen LogP contribution in [-0.2, 0) is 13.1 Å². The Bertz CT molecular complexity index is 1530. The molecule has 4 aromatic rings. The number of halogens is 7. The molecule has 0 saturated heterocycles. The number of alkyl halides is 3. The molecule has 2 aromatic heterocycles. The van der Waals surface area contributed by atoms with Gasteiger partial charge in [0.15, 0.2) is 17.8 Å². The highest BCUT2D eigenvalue weighted by Gasteiger charge is 2.39. The second-order valence-electron chi connectivity index (χ2n) is 8.25. The van der Waals surface area contributed by atoms with Crippen molar-refractivity contribution in [1.29, 1.82) is 0 Å². The molecule has 15 heteroatoms. The number of aliphatic hydroxyl groups is 2. The van der Waals surface area contributed by atoms with Crippen LogP contribution < -0.4 is 5.69 Å².